The minimum atomic E-state index is 0.330. The Bertz CT molecular complexity index is 756. The number of rotatable bonds is 0. The molecule has 2 heteroatoms. The van der Waals surface area contributed by atoms with Gasteiger partial charge in [-0.2, -0.15) is 0 Å². The van der Waals surface area contributed by atoms with Gasteiger partial charge in [-0.05, 0) is 73.2 Å². The van der Waals surface area contributed by atoms with Gasteiger partial charge in [-0.25, -0.2) is 0 Å². The van der Waals surface area contributed by atoms with Crippen LogP contribution in [0.4, 0.5) is 0 Å². The summed E-state index contributed by atoms with van der Waals surface area (Å²) >= 11 is 0. The zero-order chi connectivity index (χ0) is 20.1. The number of quaternary nitrogens is 1. The molecule has 2 aliphatic heterocycles. The topological polar surface area (TPSA) is 21.5 Å². The van der Waals surface area contributed by atoms with Gasteiger partial charge in [0, 0.05) is 37.0 Å². The number of nitrogens with one attached hydrogen (secondary N) is 1. The van der Waals surface area contributed by atoms with Crippen LogP contribution >= 0.6 is 0 Å². The van der Waals surface area contributed by atoms with Crippen molar-refractivity contribution in [2.45, 2.75) is 97.6 Å². The highest BCUT2D eigenvalue weighted by Crippen LogP contribution is 2.68. The Labute approximate surface area is 177 Å². The lowest BCUT2D eigenvalue weighted by Gasteiger charge is -2.58. The van der Waals surface area contributed by atoms with Crippen LogP contribution in [-0.2, 0) is 4.79 Å². The van der Waals surface area contributed by atoms with Crippen LogP contribution in [0.1, 0.15) is 85.5 Å². The van der Waals surface area contributed by atoms with E-state index < -0.39 is 0 Å². The van der Waals surface area contributed by atoms with Gasteiger partial charge in [0.1, 0.15) is 0 Å². The first kappa shape index (κ1) is 19.1. The standard InChI is InChI=1S/C27H41NO/c1-16-5-8-23-17(2)25-24(28(23)15-16)14-22-20-7-6-18-13-19(29)9-11-26(18,3)21(20)10-12-27(22,25)4/h13,16-17,20-25H,5-12,14-15H2,1-4H3/p+1/t16-,17+,20+,21-,22-,23+,24-,25-,26-,27-/m0/s1. The fourth-order valence-electron chi connectivity index (χ4n) is 10.6. The highest BCUT2D eigenvalue weighted by molar-refractivity contribution is 5.91. The summed E-state index contributed by atoms with van der Waals surface area (Å²) in [7, 11) is 0. The van der Waals surface area contributed by atoms with Crippen LogP contribution in [0, 0.1) is 46.3 Å². The molecule has 0 bridgehead atoms. The summed E-state index contributed by atoms with van der Waals surface area (Å²) < 4.78 is 0. The van der Waals surface area contributed by atoms with Crippen LogP contribution in [-0.4, -0.2) is 24.4 Å². The first-order valence-electron chi connectivity index (χ1n) is 12.9. The van der Waals surface area contributed by atoms with Gasteiger partial charge in [-0.15, -0.1) is 0 Å². The normalized spacial score (nSPS) is 58.6. The molecule has 5 fully saturated rings. The molecule has 6 rings (SSSR count). The second kappa shape index (κ2) is 6.21. The number of fused-ring (bicyclic) bond motifs is 9. The molecular weight excluding hydrogens is 354 g/mol. The molecular formula is C27H42NO+. The van der Waals surface area contributed by atoms with Gasteiger partial charge in [0.25, 0.3) is 0 Å². The maximum atomic E-state index is 12.1. The van der Waals surface area contributed by atoms with Crippen molar-refractivity contribution in [1.29, 1.82) is 0 Å². The summed E-state index contributed by atoms with van der Waals surface area (Å²) in [5.41, 5.74) is 2.44. The Morgan fingerprint density at radius 1 is 0.966 bits per heavy atom. The second-order valence-electron chi connectivity index (χ2n) is 12.8. The van der Waals surface area contributed by atoms with Gasteiger partial charge in [0.15, 0.2) is 5.78 Å². The molecule has 0 aromatic rings. The Hall–Kier alpha value is -0.630. The van der Waals surface area contributed by atoms with Crippen LogP contribution < -0.4 is 4.90 Å². The van der Waals surface area contributed by atoms with Crippen molar-refractivity contribution in [3.63, 3.8) is 0 Å². The molecule has 29 heavy (non-hydrogen) atoms. The number of piperidine rings is 1. The zero-order valence-electron chi connectivity index (χ0n) is 19.2. The Kier molecular flexibility index (Phi) is 4.09. The van der Waals surface area contributed by atoms with Gasteiger partial charge in [0.2, 0.25) is 0 Å². The van der Waals surface area contributed by atoms with Crippen LogP contribution in [0.5, 0.6) is 0 Å². The third kappa shape index (κ3) is 2.42. The molecule has 0 aromatic carbocycles. The molecule has 1 N–H and O–H groups in total. The van der Waals surface area contributed by atoms with Crippen molar-refractivity contribution in [2.24, 2.45) is 46.3 Å². The van der Waals surface area contributed by atoms with Crippen molar-refractivity contribution in [3.8, 4) is 0 Å². The van der Waals surface area contributed by atoms with E-state index in [-0.39, 0.29) is 0 Å². The van der Waals surface area contributed by atoms with E-state index in [1.807, 2.05) is 4.90 Å². The summed E-state index contributed by atoms with van der Waals surface area (Å²) in [6.07, 6.45) is 13.9. The third-order valence-corrected chi connectivity index (χ3v) is 11.8. The Balaban J connectivity index is 1.33. The summed E-state index contributed by atoms with van der Waals surface area (Å²) in [5.74, 6) is 5.93. The lowest BCUT2D eigenvalue weighted by atomic mass is 9.46. The monoisotopic (exact) mass is 396 g/mol. The maximum absolute atomic E-state index is 12.1. The minimum Gasteiger partial charge on any atom is -0.329 e. The highest BCUT2D eigenvalue weighted by atomic mass is 16.1. The second-order valence-corrected chi connectivity index (χ2v) is 12.8. The first-order chi connectivity index (χ1) is 13.8. The Morgan fingerprint density at radius 3 is 2.62 bits per heavy atom. The highest BCUT2D eigenvalue weighted by Gasteiger charge is 2.68. The van der Waals surface area contributed by atoms with Gasteiger partial charge in [-0.1, -0.05) is 33.3 Å². The molecule has 0 aromatic heterocycles. The van der Waals surface area contributed by atoms with E-state index in [4.69, 9.17) is 0 Å². The molecule has 6 aliphatic rings. The van der Waals surface area contributed by atoms with E-state index >= 15 is 0 Å². The van der Waals surface area contributed by atoms with Crippen LogP contribution in [0.15, 0.2) is 11.6 Å². The fraction of sp³-hybridized carbons (Fsp3) is 0.889. The molecule has 2 nitrogen and oxygen atoms in total. The molecule has 0 spiro atoms. The van der Waals surface area contributed by atoms with E-state index in [2.05, 4.69) is 33.8 Å². The average Bonchev–Trinajstić information content (AvgIpc) is 3.15. The zero-order valence-corrected chi connectivity index (χ0v) is 19.2. The molecule has 11 atom stereocenters. The van der Waals surface area contributed by atoms with Gasteiger partial charge in [0.05, 0.1) is 18.6 Å². The van der Waals surface area contributed by atoms with Crippen LogP contribution in [0.25, 0.3) is 0 Å². The number of hydrogen-bond donors (Lipinski definition) is 1. The van der Waals surface area contributed by atoms with Crippen molar-refractivity contribution in [1.82, 2.24) is 0 Å². The number of carbonyl (C=O) groups excluding carboxylic acids is 1. The smallest absolute Gasteiger partial charge is 0.155 e. The summed E-state index contributed by atoms with van der Waals surface area (Å²) in [4.78, 5) is 14.1. The summed E-state index contributed by atoms with van der Waals surface area (Å²) in [5, 5.41) is 0. The van der Waals surface area contributed by atoms with E-state index in [0.717, 1.165) is 60.4 Å². The average molecular weight is 397 g/mol. The third-order valence-electron chi connectivity index (χ3n) is 11.8. The van der Waals surface area contributed by atoms with E-state index in [0.29, 0.717) is 16.6 Å². The first-order valence-corrected chi connectivity index (χ1v) is 12.9. The van der Waals surface area contributed by atoms with Crippen molar-refractivity contribution in [3.05, 3.63) is 11.6 Å². The molecule has 2 saturated heterocycles. The van der Waals surface area contributed by atoms with Crippen LogP contribution in [0.2, 0.25) is 0 Å². The van der Waals surface area contributed by atoms with E-state index in [1.54, 1.807) is 0 Å². The number of allylic oxidation sites excluding steroid dienone is 1. The molecule has 0 radical (unpaired) electrons. The maximum Gasteiger partial charge on any atom is 0.155 e. The molecule has 3 saturated carbocycles. The quantitative estimate of drug-likeness (QED) is 0.642. The van der Waals surface area contributed by atoms with Gasteiger partial charge in [-0.3, -0.25) is 4.79 Å². The molecule has 0 amide bonds. The predicted molar refractivity (Wildman–Crippen MR) is 117 cm³/mol. The van der Waals surface area contributed by atoms with Crippen molar-refractivity contribution >= 4 is 5.78 Å². The lowest BCUT2D eigenvalue weighted by Crippen LogP contribution is -3.18. The summed E-state index contributed by atoms with van der Waals surface area (Å²) in [6.45, 7) is 11.9. The van der Waals surface area contributed by atoms with Crippen molar-refractivity contribution < 1.29 is 9.69 Å². The van der Waals surface area contributed by atoms with Gasteiger partial charge >= 0.3 is 0 Å². The largest absolute Gasteiger partial charge is 0.329 e. The van der Waals surface area contributed by atoms with E-state index in [9.17, 15) is 4.79 Å². The number of ketones is 1. The minimum absolute atomic E-state index is 0.330. The van der Waals surface area contributed by atoms with Crippen molar-refractivity contribution in [2.75, 3.05) is 6.54 Å². The molecule has 160 valence electrons. The predicted octanol–water partition coefficient (Wildman–Crippen LogP) is 4.45. The fourth-order valence-corrected chi connectivity index (χ4v) is 10.6. The van der Waals surface area contributed by atoms with Gasteiger partial charge < -0.3 is 4.90 Å². The lowest BCUT2D eigenvalue weighted by molar-refractivity contribution is -0.946. The Morgan fingerprint density at radius 2 is 1.79 bits per heavy atom. The summed E-state index contributed by atoms with van der Waals surface area (Å²) in [6, 6.07) is 1.91. The number of carbonyl (C=O) groups is 1. The van der Waals surface area contributed by atoms with E-state index in [1.165, 1.54) is 57.1 Å². The molecule has 4 aliphatic carbocycles. The molecule has 1 unspecified atom stereocenters. The number of hydrogen-bond acceptors (Lipinski definition) is 1. The molecule has 2 heterocycles. The van der Waals surface area contributed by atoms with Crippen LogP contribution in [0.3, 0.4) is 0 Å². The SMILES string of the molecule is C[C@H]1CC[C@@H]2[C@@H](C)[C@H]3[C@H](C[C@H]4[C@@H]5CCC6=CC(=O)CC[C@]6(C)[C@H]5CC[C@]34C)[NH+]2C1.